The van der Waals surface area contributed by atoms with Crippen molar-refractivity contribution >= 4 is 40.6 Å². The van der Waals surface area contributed by atoms with Crippen molar-refractivity contribution in [3.8, 4) is 0 Å². The van der Waals surface area contributed by atoms with Crippen molar-refractivity contribution in [3.63, 3.8) is 0 Å². The quantitative estimate of drug-likeness (QED) is 0.270. The number of carbonyl (C=O) groups excluding carboxylic acids is 4. The molecule has 0 saturated carbocycles. The van der Waals surface area contributed by atoms with Gasteiger partial charge in [0.2, 0.25) is 0 Å². The Hall–Kier alpha value is -3.75. The zero-order valence-electron chi connectivity index (χ0n) is 33.8. The lowest BCUT2D eigenvalue weighted by Crippen LogP contribution is -2.60. The first kappa shape index (κ1) is 42.4. The molecule has 0 bridgehead atoms. The first-order chi connectivity index (χ1) is 25.9. The molecule has 1 aromatic carbocycles. The van der Waals surface area contributed by atoms with Gasteiger partial charge < -0.3 is 39.0 Å². The predicted molar refractivity (Wildman–Crippen MR) is 206 cm³/mol. The molecule has 0 aliphatic carbocycles. The molecule has 13 atom stereocenters. The number of nitrogens with one attached hydrogen (secondary N) is 1. The Morgan fingerprint density at radius 3 is 2.42 bits per heavy atom. The summed E-state index contributed by atoms with van der Waals surface area (Å²) >= 11 is 0. The maximum atomic E-state index is 14.4. The zero-order chi connectivity index (χ0) is 40.4. The Kier molecular flexibility index (Phi) is 13.2. The second-order valence-electron chi connectivity index (χ2n) is 16.3. The fourth-order valence-electron chi connectivity index (χ4n) is 8.80. The highest BCUT2D eigenvalue weighted by atomic mass is 16.7. The van der Waals surface area contributed by atoms with Gasteiger partial charge in [0.1, 0.15) is 23.9 Å². The van der Waals surface area contributed by atoms with E-state index in [4.69, 9.17) is 23.7 Å². The molecule has 302 valence electrons. The van der Waals surface area contributed by atoms with E-state index in [2.05, 4.69) is 10.3 Å². The number of benzene rings is 1. The number of aromatic nitrogens is 1. The molecule has 1 amide bonds. The van der Waals surface area contributed by atoms with E-state index >= 15 is 0 Å². The van der Waals surface area contributed by atoms with Crippen LogP contribution >= 0.6 is 0 Å². The molecule has 55 heavy (non-hydrogen) atoms. The van der Waals surface area contributed by atoms with Gasteiger partial charge in [-0.25, -0.2) is 4.79 Å². The molecule has 3 fully saturated rings. The minimum absolute atomic E-state index is 0.0577. The van der Waals surface area contributed by atoms with E-state index in [9.17, 15) is 24.3 Å². The molecule has 0 radical (unpaired) electrons. The van der Waals surface area contributed by atoms with Crippen LogP contribution in [0.3, 0.4) is 0 Å². The predicted octanol–water partition coefficient (Wildman–Crippen LogP) is 5.11. The molecule has 13 heteroatoms. The lowest BCUT2D eigenvalue weighted by atomic mass is 9.73. The second kappa shape index (κ2) is 17.2. The van der Waals surface area contributed by atoms with Gasteiger partial charge in [-0.3, -0.25) is 19.4 Å². The molecule has 0 spiro atoms. The summed E-state index contributed by atoms with van der Waals surface area (Å²) in [5.41, 5.74) is -1.03. The SMILES string of the molecule is CC[C@H]1OC(=O)[C@H](C)C(=O)[C@H](C)[C@@H](O[C@@H]2O[C@H](C)C[C@H](N(C)C)[C@H]2O)[C@](C)(OC/C=C/c2cccc3cccnc23)C[C@@H](C)C(=O)[C@H](C)[C@H]2NC(=O)O[C@@]21C. The molecule has 2 N–H and O–H groups in total. The van der Waals surface area contributed by atoms with E-state index in [1.807, 2.05) is 68.4 Å². The van der Waals surface area contributed by atoms with Crippen LogP contribution < -0.4 is 5.32 Å². The first-order valence-electron chi connectivity index (χ1n) is 19.5. The molecule has 3 saturated heterocycles. The van der Waals surface area contributed by atoms with Gasteiger partial charge in [0.25, 0.3) is 0 Å². The van der Waals surface area contributed by atoms with Gasteiger partial charge in [-0.2, -0.15) is 0 Å². The molecule has 1 aromatic heterocycles. The van der Waals surface area contributed by atoms with Gasteiger partial charge in [0.05, 0.1) is 36.0 Å². The average molecular weight is 766 g/mol. The Balaban J connectivity index is 1.57. The molecular weight excluding hydrogens is 706 g/mol. The van der Waals surface area contributed by atoms with Gasteiger partial charge in [0, 0.05) is 40.9 Å². The maximum absolute atomic E-state index is 14.4. The zero-order valence-corrected chi connectivity index (χ0v) is 33.8. The average Bonchev–Trinajstić information content (AvgIpc) is 3.47. The Morgan fingerprint density at radius 2 is 1.73 bits per heavy atom. The highest BCUT2D eigenvalue weighted by Crippen LogP contribution is 2.40. The Bertz CT molecular complexity index is 1750. The van der Waals surface area contributed by atoms with Crippen LogP contribution in [0.15, 0.2) is 42.6 Å². The van der Waals surface area contributed by atoms with Gasteiger partial charge in [0.15, 0.2) is 17.7 Å². The number of amides is 1. The number of aliphatic hydroxyl groups excluding tert-OH is 1. The van der Waals surface area contributed by atoms with E-state index in [0.717, 1.165) is 16.5 Å². The number of ketones is 2. The normalized spacial score (nSPS) is 38.1. The number of fused-ring (bicyclic) bond motifs is 2. The third-order valence-electron chi connectivity index (χ3n) is 11.9. The number of Topliss-reactive ketones (excluding diaryl/α,β-unsaturated/α-hetero) is 2. The summed E-state index contributed by atoms with van der Waals surface area (Å²) in [5, 5.41) is 15.4. The summed E-state index contributed by atoms with van der Waals surface area (Å²) in [4.78, 5) is 61.9. The molecule has 13 nitrogen and oxygen atoms in total. The highest BCUT2D eigenvalue weighted by molar-refractivity contribution is 6.00. The third-order valence-corrected chi connectivity index (χ3v) is 11.9. The van der Waals surface area contributed by atoms with Gasteiger partial charge >= 0.3 is 12.1 Å². The van der Waals surface area contributed by atoms with Gasteiger partial charge in [-0.05, 0) is 67.1 Å². The number of carbonyl (C=O) groups is 4. The van der Waals surface area contributed by atoms with Crippen LogP contribution in [0.2, 0.25) is 0 Å². The number of hydrogen-bond acceptors (Lipinski definition) is 12. The van der Waals surface area contributed by atoms with Crippen molar-refractivity contribution < 1.29 is 48.0 Å². The van der Waals surface area contributed by atoms with Crippen molar-refractivity contribution in [1.29, 1.82) is 0 Å². The number of ether oxygens (including phenoxy) is 5. The van der Waals surface area contributed by atoms with Crippen molar-refractivity contribution in [2.45, 2.75) is 129 Å². The Morgan fingerprint density at radius 1 is 1.02 bits per heavy atom. The number of hydrogen-bond donors (Lipinski definition) is 2. The fraction of sp³-hybridized carbons (Fsp3) is 0.643. The third kappa shape index (κ3) is 8.81. The molecule has 3 aliphatic heterocycles. The minimum Gasteiger partial charge on any atom is -0.458 e. The number of nitrogens with zero attached hydrogens (tertiary/aromatic N) is 2. The lowest BCUT2D eigenvalue weighted by molar-refractivity contribution is -0.296. The molecular formula is C42H59N3O10. The van der Waals surface area contributed by atoms with Crippen LogP contribution in [-0.4, -0.2) is 113 Å². The fourth-order valence-corrected chi connectivity index (χ4v) is 8.80. The first-order valence-corrected chi connectivity index (χ1v) is 19.5. The van der Waals surface area contributed by atoms with Crippen LogP contribution in [0, 0.1) is 23.7 Å². The number of pyridine rings is 1. The van der Waals surface area contributed by atoms with E-state index in [-0.39, 0.29) is 37.4 Å². The van der Waals surface area contributed by atoms with E-state index < -0.39 is 83.4 Å². The number of esters is 1. The topological polar surface area (TPSA) is 163 Å². The van der Waals surface area contributed by atoms with Crippen LogP contribution in [0.5, 0.6) is 0 Å². The van der Waals surface area contributed by atoms with E-state index in [0.29, 0.717) is 6.42 Å². The number of para-hydroxylation sites is 1. The molecule has 0 unspecified atom stereocenters. The largest absolute Gasteiger partial charge is 0.458 e. The summed E-state index contributed by atoms with van der Waals surface area (Å²) < 4.78 is 31.4. The van der Waals surface area contributed by atoms with Crippen LogP contribution in [-0.2, 0) is 38.1 Å². The highest BCUT2D eigenvalue weighted by Gasteiger charge is 2.57. The standard InChI is InChI=1S/C42H59N3O10/c1-11-31-42(8)36(44-40(50)55-42)25(4)33(46)23(2)22-41(7,51-20-14-18-29-16-12-15-28-17-13-19-43-32(28)29)37(26(5)34(47)27(6)38(49)53-31)54-39-35(48)30(45(9)10)21-24(3)52-39/h12-19,23-27,30-31,35-37,39,48H,11,20-22H2,1-10H3,(H,44,50)/b18-14+/t23-,24-,25+,26+,27-,30+,31-,35-,36-,37-,39+,41-,42-/m1/s1. The molecule has 2 aromatic rings. The van der Waals surface area contributed by atoms with Gasteiger partial charge in [-0.15, -0.1) is 0 Å². The number of cyclic esters (lactones) is 1. The van der Waals surface area contributed by atoms with Crippen molar-refractivity contribution in [1.82, 2.24) is 15.2 Å². The number of aliphatic hydroxyl groups is 1. The number of likely N-dealkylation sites (N-methyl/N-ethyl adjacent to an activating group) is 1. The lowest BCUT2D eigenvalue weighted by Gasteiger charge is -2.47. The van der Waals surface area contributed by atoms with E-state index in [1.54, 1.807) is 47.7 Å². The van der Waals surface area contributed by atoms with E-state index in [1.165, 1.54) is 6.92 Å². The summed E-state index contributed by atoms with van der Waals surface area (Å²) in [7, 11) is 3.74. The minimum atomic E-state index is -1.38. The molecule has 4 heterocycles. The summed E-state index contributed by atoms with van der Waals surface area (Å²) in [5.74, 6) is -5.13. The number of rotatable bonds is 8. The van der Waals surface area contributed by atoms with Crippen molar-refractivity contribution in [2.24, 2.45) is 23.7 Å². The summed E-state index contributed by atoms with van der Waals surface area (Å²) in [6.45, 7) is 13.9. The van der Waals surface area contributed by atoms with Crippen LogP contribution in [0.25, 0.3) is 17.0 Å². The van der Waals surface area contributed by atoms with Crippen LogP contribution in [0.4, 0.5) is 4.79 Å². The van der Waals surface area contributed by atoms with Crippen molar-refractivity contribution in [2.75, 3.05) is 20.7 Å². The second-order valence-corrected chi connectivity index (χ2v) is 16.3. The van der Waals surface area contributed by atoms with Crippen LogP contribution in [0.1, 0.15) is 80.2 Å². The summed E-state index contributed by atoms with van der Waals surface area (Å²) in [6.07, 6.45) is 1.11. The Labute approximate surface area is 324 Å². The van der Waals surface area contributed by atoms with Gasteiger partial charge in [-0.1, -0.05) is 64.1 Å². The van der Waals surface area contributed by atoms with Crippen molar-refractivity contribution in [3.05, 3.63) is 48.2 Å². The molecule has 5 rings (SSSR count). The molecule has 3 aliphatic rings. The number of alkyl carbamates (subject to hydrolysis) is 1. The maximum Gasteiger partial charge on any atom is 0.408 e. The summed E-state index contributed by atoms with van der Waals surface area (Å²) in [6, 6.07) is 8.63. The smallest absolute Gasteiger partial charge is 0.408 e. The monoisotopic (exact) mass is 765 g/mol.